The zero-order chi connectivity index (χ0) is 21.7. The smallest absolute Gasteiger partial charge is 0.254 e. The van der Waals surface area contributed by atoms with Crippen molar-refractivity contribution in [2.45, 2.75) is 50.0 Å². The van der Waals surface area contributed by atoms with E-state index in [2.05, 4.69) is 4.90 Å². The fourth-order valence-corrected chi connectivity index (χ4v) is 5.59. The Morgan fingerprint density at radius 3 is 2.40 bits per heavy atom. The minimum atomic E-state index is -3.55. The summed E-state index contributed by atoms with van der Waals surface area (Å²) in [5, 5.41) is 0. The molecule has 30 heavy (non-hydrogen) atoms. The van der Waals surface area contributed by atoms with Gasteiger partial charge in [-0.3, -0.25) is 4.79 Å². The van der Waals surface area contributed by atoms with E-state index in [1.165, 1.54) is 0 Å². The number of piperidine rings is 2. The average Bonchev–Trinajstić information content (AvgIpc) is 2.74. The van der Waals surface area contributed by atoms with Gasteiger partial charge in [-0.2, -0.15) is 4.31 Å². The van der Waals surface area contributed by atoms with Crippen LogP contribution in [0.3, 0.4) is 0 Å². The Hall–Kier alpha value is -1.48. The van der Waals surface area contributed by atoms with E-state index in [1.54, 1.807) is 22.5 Å². The Labute approximate surface area is 181 Å². The molecule has 0 spiro atoms. The number of carbonyl (C=O) groups excluding carboxylic acids is 1. The van der Waals surface area contributed by atoms with Crippen molar-refractivity contribution < 1.29 is 17.9 Å². The molecule has 0 saturated carbocycles. The normalized spacial score (nSPS) is 19.4. The van der Waals surface area contributed by atoms with Crippen molar-refractivity contribution in [2.24, 2.45) is 0 Å². The largest absolute Gasteiger partial charge is 0.377 e. The third kappa shape index (κ3) is 5.60. The Balaban J connectivity index is 1.66. The summed E-state index contributed by atoms with van der Waals surface area (Å²) in [6, 6.07) is 4.95. The minimum Gasteiger partial charge on any atom is -0.377 e. The number of benzene rings is 1. The van der Waals surface area contributed by atoms with Gasteiger partial charge in [-0.25, -0.2) is 8.42 Å². The number of hydrogen-bond donors (Lipinski definition) is 0. The first-order valence-electron chi connectivity index (χ1n) is 11.0. The second-order valence-electron chi connectivity index (χ2n) is 8.61. The molecule has 2 heterocycles. The SMILES string of the molecule is Cc1ccc(S(=O)(=O)N2CCCCC2)cc1C(=O)N1CCC(OCCN(C)C)CC1. The zero-order valence-corrected chi connectivity index (χ0v) is 19.3. The highest BCUT2D eigenvalue weighted by Gasteiger charge is 2.29. The molecule has 2 saturated heterocycles. The molecule has 2 fully saturated rings. The van der Waals surface area contributed by atoms with Crippen LogP contribution < -0.4 is 0 Å². The summed E-state index contributed by atoms with van der Waals surface area (Å²) in [5.41, 5.74) is 1.29. The fourth-order valence-electron chi connectivity index (χ4n) is 4.04. The summed E-state index contributed by atoms with van der Waals surface area (Å²) in [4.78, 5) is 17.3. The van der Waals surface area contributed by atoms with E-state index in [9.17, 15) is 13.2 Å². The van der Waals surface area contributed by atoms with E-state index < -0.39 is 10.0 Å². The number of amides is 1. The van der Waals surface area contributed by atoms with E-state index in [4.69, 9.17) is 4.74 Å². The van der Waals surface area contributed by atoms with Crippen molar-refractivity contribution in [3.63, 3.8) is 0 Å². The van der Waals surface area contributed by atoms with Crippen LogP contribution in [0, 0.1) is 6.92 Å². The third-order valence-corrected chi connectivity index (χ3v) is 7.91. The van der Waals surface area contributed by atoms with Gasteiger partial charge in [0.1, 0.15) is 0 Å². The lowest BCUT2D eigenvalue weighted by atomic mass is 10.0. The zero-order valence-electron chi connectivity index (χ0n) is 18.5. The number of likely N-dealkylation sites (N-methyl/N-ethyl adjacent to an activating group) is 1. The quantitative estimate of drug-likeness (QED) is 0.655. The lowest BCUT2D eigenvalue weighted by Gasteiger charge is -2.32. The Bertz CT molecular complexity index is 827. The van der Waals surface area contributed by atoms with Gasteiger partial charge in [0.2, 0.25) is 10.0 Å². The van der Waals surface area contributed by atoms with Gasteiger partial charge in [0.05, 0.1) is 17.6 Å². The maximum absolute atomic E-state index is 13.2. The lowest BCUT2D eigenvalue weighted by Crippen LogP contribution is -2.41. The van der Waals surface area contributed by atoms with Gasteiger partial charge in [0, 0.05) is 38.3 Å². The number of aryl methyl sites for hydroxylation is 1. The molecule has 1 amide bonds. The molecule has 1 aromatic carbocycles. The molecule has 7 nitrogen and oxygen atoms in total. The number of ether oxygens (including phenoxy) is 1. The van der Waals surface area contributed by atoms with Crippen molar-refractivity contribution in [2.75, 3.05) is 53.4 Å². The number of rotatable bonds is 7. The summed E-state index contributed by atoms with van der Waals surface area (Å²) in [6.07, 6.45) is 4.65. The van der Waals surface area contributed by atoms with Crippen LogP contribution >= 0.6 is 0 Å². The first-order chi connectivity index (χ1) is 14.3. The van der Waals surface area contributed by atoms with E-state index in [0.717, 1.165) is 44.2 Å². The Kier molecular flexibility index (Phi) is 7.90. The van der Waals surface area contributed by atoms with Crippen LogP contribution in [0.15, 0.2) is 23.1 Å². The molecule has 2 aliphatic rings. The van der Waals surface area contributed by atoms with E-state index >= 15 is 0 Å². The van der Waals surface area contributed by atoms with Crippen LogP contribution in [0.1, 0.15) is 48.0 Å². The predicted molar refractivity (Wildman–Crippen MR) is 117 cm³/mol. The molecule has 3 rings (SSSR count). The number of nitrogens with zero attached hydrogens (tertiary/aromatic N) is 3. The average molecular weight is 438 g/mol. The van der Waals surface area contributed by atoms with Gasteiger partial charge in [0.15, 0.2) is 0 Å². The highest BCUT2D eigenvalue weighted by atomic mass is 32.2. The van der Waals surface area contributed by atoms with Crippen LogP contribution in [-0.4, -0.2) is 88.0 Å². The molecule has 0 radical (unpaired) electrons. The summed E-state index contributed by atoms with van der Waals surface area (Å²) in [6.45, 7) is 5.82. The fraction of sp³-hybridized carbons (Fsp3) is 0.682. The number of carbonyl (C=O) groups is 1. The molecule has 0 atom stereocenters. The van der Waals surface area contributed by atoms with Crippen LogP contribution in [0.2, 0.25) is 0 Å². The van der Waals surface area contributed by atoms with Crippen molar-refractivity contribution in [1.82, 2.24) is 14.1 Å². The number of sulfonamides is 1. The van der Waals surface area contributed by atoms with Gasteiger partial charge < -0.3 is 14.5 Å². The highest BCUT2D eigenvalue weighted by molar-refractivity contribution is 7.89. The summed E-state index contributed by atoms with van der Waals surface area (Å²) < 4.78 is 33.5. The molecule has 1 aromatic rings. The molecule has 0 unspecified atom stereocenters. The van der Waals surface area contributed by atoms with E-state index in [1.807, 2.05) is 25.9 Å². The van der Waals surface area contributed by atoms with Gasteiger partial charge in [-0.05, 0) is 64.4 Å². The molecule has 168 valence electrons. The van der Waals surface area contributed by atoms with Gasteiger partial charge in [-0.1, -0.05) is 12.5 Å². The second kappa shape index (κ2) is 10.2. The molecule has 8 heteroatoms. The summed E-state index contributed by atoms with van der Waals surface area (Å²) in [7, 11) is 0.488. The molecule has 0 aromatic heterocycles. The van der Waals surface area contributed by atoms with Crippen molar-refractivity contribution in [1.29, 1.82) is 0 Å². The topological polar surface area (TPSA) is 70.2 Å². The Morgan fingerprint density at radius 2 is 1.77 bits per heavy atom. The molecule has 0 N–H and O–H groups in total. The first-order valence-corrected chi connectivity index (χ1v) is 12.4. The van der Waals surface area contributed by atoms with Crippen molar-refractivity contribution >= 4 is 15.9 Å². The van der Waals surface area contributed by atoms with Crippen LogP contribution in [0.4, 0.5) is 0 Å². The highest BCUT2D eigenvalue weighted by Crippen LogP contribution is 2.24. The number of likely N-dealkylation sites (tertiary alicyclic amines) is 1. The lowest BCUT2D eigenvalue weighted by molar-refractivity contribution is 0.00391. The minimum absolute atomic E-state index is 0.0880. The maximum atomic E-state index is 13.2. The van der Waals surface area contributed by atoms with Gasteiger partial charge in [0.25, 0.3) is 5.91 Å². The van der Waals surface area contributed by atoms with Crippen molar-refractivity contribution in [3.05, 3.63) is 29.3 Å². The summed E-state index contributed by atoms with van der Waals surface area (Å²) in [5.74, 6) is -0.0880. The second-order valence-corrected chi connectivity index (χ2v) is 10.5. The monoisotopic (exact) mass is 437 g/mol. The van der Waals surface area contributed by atoms with Crippen LogP contribution in [0.25, 0.3) is 0 Å². The van der Waals surface area contributed by atoms with Gasteiger partial charge >= 0.3 is 0 Å². The first kappa shape index (κ1) is 23.2. The molecule has 0 aliphatic carbocycles. The Morgan fingerprint density at radius 1 is 1.10 bits per heavy atom. The molecule has 2 aliphatic heterocycles. The van der Waals surface area contributed by atoms with Crippen LogP contribution in [0.5, 0.6) is 0 Å². The van der Waals surface area contributed by atoms with Crippen LogP contribution in [-0.2, 0) is 14.8 Å². The van der Waals surface area contributed by atoms with E-state index in [0.29, 0.717) is 38.3 Å². The third-order valence-electron chi connectivity index (χ3n) is 6.01. The molecule has 0 bridgehead atoms. The number of hydrogen-bond acceptors (Lipinski definition) is 5. The van der Waals surface area contributed by atoms with E-state index in [-0.39, 0.29) is 16.9 Å². The predicted octanol–water partition coefficient (Wildman–Crippen LogP) is 2.35. The van der Waals surface area contributed by atoms with Gasteiger partial charge in [-0.15, -0.1) is 0 Å². The molecular weight excluding hydrogens is 402 g/mol. The summed E-state index contributed by atoms with van der Waals surface area (Å²) >= 11 is 0. The maximum Gasteiger partial charge on any atom is 0.254 e. The standard InChI is InChI=1S/C22H35N3O4S/c1-18-7-8-20(30(27,28)25-11-5-4-6-12-25)17-21(18)22(26)24-13-9-19(10-14-24)29-16-15-23(2)3/h7-8,17,19H,4-6,9-16H2,1-3H3. The van der Waals surface area contributed by atoms with Crippen molar-refractivity contribution in [3.8, 4) is 0 Å². The molecular formula is C22H35N3O4S.